The minimum absolute atomic E-state index is 0.124. The van der Waals surface area contributed by atoms with Crippen molar-refractivity contribution in [3.05, 3.63) is 40.7 Å². The zero-order valence-electron chi connectivity index (χ0n) is 14.1. The Morgan fingerprint density at radius 1 is 1.40 bits per heavy atom. The number of H-pyrrole nitrogens is 1. The molecule has 0 unspecified atom stereocenters. The van der Waals surface area contributed by atoms with Gasteiger partial charge in [0.15, 0.2) is 0 Å². The van der Waals surface area contributed by atoms with Crippen LogP contribution in [-0.2, 0) is 11.3 Å². The number of nitrogens with zero attached hydrogens (tertiary/aromatic N) is 1. The molecule has 1 saturated carbocycles. The molecule has 0 radical (unpaired) electrons. The lowest BCUT2D eigenvalue weighted by Crippen LogP contribution is -2.29. The number of allylic oxidation sites excluding steroid dienone is 1. The summed E-state index contributed by atoms with van der Waals surface area (Å²) < 4.78 is 5.79. The van der Waals surface area contributed by atoms with Gasteiger partial charge in [0.25, 0.3) is 0 Å². The molecule has 1 amide bonds. The van der Waals surface area contributed by atoms with Crippen LogP contribution in [0.5, 0.6) is 5.75 Å². The fraction of sp³-hybridized carbons (Fsp3) is 0.368. The van der Waals surface area contributed by atoms with Gasteiger partial charge in [0.2, 0.25) is 5.91 Å². The second-order valence-electron chi connectivity index (χ2n) is 6.94. The number of carbonyl (C=O) groups is 1. The highest BCUT2D eigenvalue weighted by Crippen LogP contribution is 2.45. The van der Waals surface area contributed by atoms with Crippen LogP contribution in [0.15, 0.2) is 35.0 Å². The van der Waals surface area contributed by atoms with E-state index in [9.17, 15) is 4.79 Å². The topological polar surface area (TPSA) is 66.5 Å². The molecule has 2 heterocycles. The first-order chi connectivity index (χ1) is 12.0. The average molecular weight is 358 g/mol. The molecule has 0 atom stereocenters. The highest BCUT2D eigenvalue weighted by molar-refractivity contribution is 6.32. The lowest BCUT2D eigenvalue weighted by atomic mass is 10.1. The van der Waals surface area contributed by atoms with Crippen LogP contribution < -0.4 is 10.1 Å². The van der Waals surface area contributed by atoms with E-state index in [2.05, 4.69) is 15.3 Å². The Kier molecular flexibility index (Phi) is 4.04. The van der Waals surface area contributed by atoms with Crippen molar-refractivity contribution in [2.45, 2.75) is 32.7 Å². The first kappa shape index (κ1) is 16.2. The molecule has 0 bridgehead atoms. The molecule has 5 nitrogen and oxygen atoms in total. The van der Waals surface area contributed by atoms with Crippen molar-refractivity contribution in [1.82, 2.24) is 10.3 Å². The number of nitrogens with one attached hydrogen (secondary N) is 2. The Labute approximate surface area is 151 Å². The molecule has 1 aliphatic heterocycles. The maximum Gasteiger partial charge on any atom is 0.226 e. The molecule has 1 aliphatic carbocycles. The first-order valence-corrected chi connectivity index (χ1v) is 8.85. The van der Waals surface area contributed by atoms with Crippen molar-refractivity contribution in [1.29, 1.82) is 0 Å². The summed E-state index contributed by atoms with van der Waals surface area (Å²) in [7, 11) is 0. The number of rotatable bonds is 6. The number of aromatic amines is 1. The van der Waals surface area contributed by atoms with E-state index in [0.717, 1.165) is 41.6 Å². The first-order valence-electron chi connectivity index (χ1n) is 8.47. The van der Waals surface area contributed by atoms with Crippen LogP contribution in [0.3, 0.4) is 0 Å². The van der Waals surface area contributed by atoms with Gasteiger partial charge in [-0.1, -0.05) is 24.6 Å². The third-order valence-corrected chi connectivity index (χ3v) is 5.10. The molecule has 130 valence electrons. The average Bonchev–Trinajstić information content (AvgIpc) is 3.01. The summed E-state index contributed by atoms with van der Waals surface area (Å²) in [5.41, 5.74) is 2.64. The van der Waals surface area contributed by atoms with Crippen molar-refractivity contribution in [2.75, 3.05) is 6.61 Å². The summed E-state index contributed by atoms with van der Waals surface area (Å²) in [6.07, 6.45) is 6.69. The molecule has 1 aromatic carbocycles. The van der Waals surface area contributed by atoms with E-state index in [4.69, 9.17) is 16.3 Å². The van der Waals surface area contributed by atoms with E-state index in [1.165, 1.54) is 0 Å². The number of aliphatic imine (C=N–C) groups is 1. The van der Waals surface area contributed by atoms with Gasteiger partial charge in [0, 0.05) is 40.7 Å². The lowest BCUT2D eigenvalue weighted by molar-refractivity contribution is -0.125. The number of hydrogen-bond donors (Lipinski definition) is 2. The van der Waals surface area contributed by atoms with Crippen molar-refractivity contribution < 1.29 is 9.53 Å². The van der Waals surface area contributed by atoms with Crippen LogP contribution >= 0.6 is 11.6 Å². The summed E-state index contributed by atoms with van der Waals surface area (Å²) in [6.45, 7) is 2.89. The number of aromatic nitrogens is 1. The van der Waals surface area contributed by atoms with Crippen LogP contribution in [0.1, 0.15) is 31.9 Å². The lowest BCUT2D eigenvalue weighted by Gasteiger charge is -2.08. The van der Waals surface area contributed by atoms with Crippen molar-refractivity contribution in [2.24, 2.45) is 10.4 Å². The number of ether oxygens (including phenoxy) is 1. The highest BCUT2D eigenvalue weighted by atomic mass is 35.5. The fourth-order valence-corrected chi connectivity index (χ4v) is 3.09. The largest absolute Gasteiger partial charge is 0.486 e. The quantitative estimate of drug-likeness (QED) is 0.821. The smallest absolute Gasteiger partial charge is 0.226 e. The normalized spacial score (nSPS) is 17.6. The number of fused-ring (bicyclic) bond motifs is 1. The van der Waals surface area contributed by atoms with Gasteiger partial charge in [-0.05, 0) is 25.0 Å². The maximum atomic E-state index is 12.1. The summed E-state index contributed by atoms with van der Waals surface area (Å²) in [5, 5.41) is 4.56. The number of amides is 1. The van der Waals surface area contributed by atoms with Gasteiger partial charge < -0.3 is 15.0 Å². The molecular formula is C19H20ClN3O2. The monoisotopic (exact) mass is 357 g/mol. The Morgan fingerprint density at radius 2 is 2.24 bits per heavy atom. The number of halogens is 1. The summed E-state index contributed by atoms with van der Waals surface area (Å²) in [6, 6.07) is 5.78. The minimum Gasteiger partial charge on any atom is -0.486 e. The van der Waals surface area contributed by atoms with Crippen LogP contribution in [0.4, 0.5) is 0 Å². The zero-order chi connectivity index (χ0) is 17.4. The Bertz CT molecular complexity index is 893. The standard InChI is InChI=1S/C19H20ClN3O2/c1-19(4-5-19)18(24)22-10-14-7-12-8-15(20)17(9-16(12)23-14)25-11-13-3-2-6-21-13/h3,6-9,23H,2,4-5,10-11H2,1H3,(H,22,24). The molecular weight excluding hydrogens is 338 g/mol. The van der Waals surface area contributed by atoms with E-state index in [1.807, 2.05) is 37.4 Å². The number of benzene rings is 1. The van der Waals surface area contributed by atoms with E-state index < -0.39 is 0 Å². The molecule has 2 aromatic rings. The molecule has 0 saturated heterocycles. The summed E-state index contributed by atoms with van der Waals surface area (Å²) in [5.74, 6) is 0.749. The fourth-order valence-electron chi connectivity index (χ4n) is 2.86. The number of hydrogen-bond acceptors (Lipinski definition) is 3. The highest BCUT2D eigenvalue weighted by Gasteiger charge is 2.44. The molecule has 2 aliphatic rings. The van der Waals surface area contributed by atoms with Gasteiger partial charge in [0.1, 0.15) is 12.4 Å². The molecule has 25 heavy (non-hydrogen) atoms. The third-order valence-electron chi connectivity index (χ3n) is 4.81. The van der Waals surface area contributed by atoms with E-state index >= 15 is 0 Å². The number of carbonyl (C=O) groups excluding carboxylic acids is 1. The summed E-state index contributed by atoms with van der Waals surface area (Å²) in [4.78, 5) is 19.6. The van der Waals surface area contributed by atoms with Crippen LogP contribution in [-0.4, -0.2) is 23.7 Å². The van der Waals surface area contributed by atoms with Gasteiger partial charge in [0.05, 0.1) is 17.3 Å². The Morgan fingerprint density at radius 3 is 2.96 bits per heavy atom. The van der Waals surface area contributed by atoms with E-state index in [0.29, 0.717) is 23.9 Å². The zero-order valence-corrected chi connectivity index (χ0v) is 14.8. The van der Waals surface area contributed by atoms with Gasteiger partial charge >= 0.3 is 0 Å². The summed E-state index contributed by atoms with van der Waals surface area (Å²) >= 11 is 6.33. The molecule has 4 rings (SSSR count). The molecule has 1 aromatic heterocycles. The molecule has 2 N–H and O–H groups in total. The molecule has 0 spiro atoms. The van der Waals surface area contributed by atoms with Crippen molar-refractivity contribution in [3.63, 3.8) is 0 Å². The molecule has 1 fully saturated rings. The second kappa shape index (κ2) is 6.23. The van der Waals surface area contributed by atoms with E-state index in [1.54, 1.807) is 0 Å². The van der Waals surface area contributed by atoms with Crippen molar-refractivity contribution in [3.8, 4) is 5.75 Å². The second-order valence-corrected chi connectivity index (χ2v) is 7.35. The SMILES string of the molecule is CC1(C(=O)NCc2cc3cc(Cl)c(OCC4=CCC=N4)cc3[nH]2)CC1. The van der Waals surface area contributed by atoms with Crippen LogP contribution in [0.25, 0.3) is 10.9 Å². The predicted molar refractivity (Wildman–Crippen MR) is 99.2 cm³/mol. The predicted octanol–water partition coefficient (Wildman–Crippen LogP) is 3.97. The van der Waals surface area contributed by atoms with Gasteiger partial charge in [-0.15, -0.1) is 0 Å². The van der Waals surface area contributed by atoms with Gasteiger partial charge in [-0.2, -0.15) is 0 Å². The van der Waals surface area contributed by atoms with Crippen LogP contribution in [0.2, 0.25) is 5.02 Å². The maximum absolute atomic E-state index is 12.1. The van der Waals surface area contributed by atoms with E-state index in [-0.39, 0.29) is 11.3 Å². The Hall–Kier alpha value is -2.27. The van der Waals surface area contributed by atoms with Crippen LogP contribution in [0, 0.1) is 5.41 Å². The third kappa shape index (κ3) is 3.42. The van der Waals surface area contributed by atoms with Gasteiger partial charge in [-0.25, -0.2) is 0 Å². The van der Waals surface area contributed by atoms with Crippen molar-refractivity contribution >= 4 is 34.6 Å². The molecule has 6 heteroatoms. The minimum atomic E-state index is -0.159. The Balaban J connectivity index is 1.46. The van der Waals surface area contributed by atoms with Gasteiger partial charge in [-0.3, -0.25) is 9.79 Å².